The lowest BCUT2D eigenvalue weighted by Gasteiger charge is -2.49. The van der Waals surface area contributed by atoms with E-state index in [9.17, 15) is 0 Å². The zero-order valence-corrected chi connectivity index (χ0v) is 20.0. The quantitative estimate of drug-likeness (QED) is 0.449. The number of methoxy groups -OCH3 is 1. The fourth-order valence-electron chi connectivity index (χ4n) is 7.16. The molecule has 5 rings (SSSR count). The summed E-state index contributed by atoms with van der Waals surface area (Å²) in [7, 11) is 1.81. The predicted molar refractivity (Wildman–Crippen MR) is 131 cm³/mol. The number of allylic oxidation sites excluding steroid dienone is 1. The van der Waals surface area contributed by atoms with Crippen LogP contribution in [0.4, 0.5) is 0 Å². The SMILES string of the molecule is CCc1cc2c(cc1OCc1ccccc1)CC[C@@H]1[C@@H]2CC[C@]2(C)C(=CCOC)CC[C@@H]12. The van der Waals surface area contributed by atoms with Crippen LogP contribution < -0.4 is 4.74 Å². The molecule has 3 aliphatic rings. The lowest BCUT2D eigenvalue weighted by atomic mass is 9.55. The highest BCUT2D eigenvalue weighted by molar-refractivity contribution is 5.47. The molecule has 0 unspecified atom stereocenters. The molecule has 2 nitrogen and oxygen atoms in total. The lowest BCUT2D eigenvalue weighted by molar-refractivity contribution is 0.0807. The first-order valence-electron chi connectivity index (χ1n) is 12.6. The summed E-state index contributed by atoms with van der Waals surface area (Å²) >= 11 is 0. The van der Waals surface area contributed by atoms with Gasteiger partial charge < -0.3 is 9.47 Å². The molecule has 2 saturated carbocycles. The number of rotatable bonds is 6. The average Bonchev–Trinajstić information content (AvgIpc) is 3.17. The Kier molecular flexibility index (Phi) is 6.16. The molecule has 0 spiro atoms. The summed E-state index contributed by atoms with van der Waals surface area (Å²) in [6.07, 6.45) is 11.2. The van der Waals surface area contributed by atoms with E-state index in [4.69, 9.17) is 9.47 Å². The van der Waals surface area contributed by atoms with Gasteiger partial charge in [-0.15, -0.1) is 0 Å². The van der Waals surface area contributed by atoms with E-state index < -0.39 is 0 Å². The molecular weight excluding hydrogens is 392 g/mol. The molecule has 0 heterocycles. The number of hydrogen-bond donors (Lipinski definition) is 0. The molecule has 3 aliphatic carbocycles. The highest BCUT2D eigenvalue weighted by atomic mass is 16.5. The maximum atomic E-state index is 6.33. The summed E-state index contributed by atoms with van der Waals surface area (Å²) in [6, 6.07) is 15.4. The fourth-order valence-corrected chi connectivity index (χ4v) is 7.16. The van der Waals surface area contributed by atoms with Gasteiger partial charge in [0.15, 0.2) is 0 Å². The van der Waals surface area contributed by atoms with Crippen LogP contribution in [0.15, 0.2) is 54.1 Å². The van der Waals surface area contributed by atoms with Gasteiger partial charge in [0.1, 0.15) is 12.4 Å². The first-order chi connectivity index (χ1) is 15.6. The first-order valence-corrected chi connectivity index (χ1v) is 12.6. The van der Waals surface area contributed by atoms with E-state index in [1.54, 1.807) is 16.7 Å². The fraction of sp³-hybridized carbons (Fsp3) is 0.533. The summed E-state index contributed by atoms with van der Waals surface area (Å²) in [6.45, 7) is 6.23. The Morgan fingerprint density at radius 1 is 1.06 bits per heavy atom. The predicted octanol–water partition coefficient (Wildman–Crippen LogP) is 7.26. The first kappa shape index (κ1) is 21.8. The van der Waals surface area contributed by atoms with Gasteiger partial charge >= 0.3 is 0 Å². The van der Waals surface area contributed by atoms with Crippen molar-refractivity contribution in [1.82, 2.24) is 0 Å². The van der Waals surface area contributed by atoms with Crippen LogP contribution in [-0.2, 0) is 24.2 Å². The van der Waals surface area contributed by atoms with Gasteiger partial charge in [0.25, 0.3) is 0 Å². The van der Waals surface area contributed by atoms with Crippen molar-refractivity contribution < 1.29 is 9.47 Å². The Labute approximate surface area is 194 Å². The van der Waals surface area contributed by atoms with Crippen LogP contribution in [0.2, 0.25) is 0 Å². The van der Waals surface area contributed by atoms with Crippen LogP contribution in [0, 0.1) is 17.3 Å². The standard InChI is InChI=1S/C30H38O2/c1-4-22-18-27-23(19-29(22)32-20-21-8-6-5-7-9-21)10-12-26-25(27)14-16-30(2)24(15-17-31-3)11-13-28(26)30/h5-9,15,18-19,25-26,28H,4,10-14,16-17,20H2,1-3H3/t25-,26+,28-,30+/m0/s1. The molecular formula is C30H38O2. The van der Waals surface area contributed by atoms with Crippen LogP contribution in [0.25, 0.3) is 0 Å². The van der Waals surface area contributed by atoms with E-state index in [1.165, 1.54) is 49.7 Å². The highest BCUT2D eigenvalue weighted by Crippen LogP contribution is 2.63. The van der Waals surface area contributed by atoms with Crippen LogP contribution >= 0.6 is 0 Å². The maximum Gasteiger partial charge on any atom is 0.123 e. The summed E-state index contributed by atoms with van der Waals surface area (Å²) < 4.78 is 11.7. The van der Waals surface area contributed by atoms with Gasteiger partial charge in [0.2, 0.25) is 0 Å². The van der Waals surface area contributed by atoms with Crippen molar-refractivity contribution in [3.8, 4) is 5.75 Å². The molecule has 2 fully saturated rings. The second kappa shape index (κ2) is 9.06. The molecule has 0 amide bonds. The molecule has 2 aromatic carbocycles. The number of fused-ring (bicyclic) bond motifs is 5. The van der Waals surface area contributed by atoms with Gasteiger partial charge in [0, 0.05) is 7.11 Å². The molecule has 170 valence electrons. The van der Waals surface area contributed by atoms with Crippen LogP contribution in [0.3, 0.4) is 0 Å². The summed E-state index contributed by atoms with van der Waals surface area (Å²) in [5.74, 6) is 3.49. The second-order valence-electron chi connectivity index (χ2n) is 10.4. The zero-order valence-electron chi connectivity index (χ0n) is 20.0. The van der Waals surface area contributed by atoms with Gasteiger partial charge in [-0.2, -0.15) is 0 Å². The minimum absolute atomic E-state index is 0.392. The Balaban J connectivity index is 1.39. The van der Waals surface area contributed by atoms with Gasteiger partial charge in [0.05, 0.1) is 6.61 Å². The second-order valence-corrected chi connectivity index (χ2v) is 10.4. The molecule has 0 bridgehead atoms. The highest BCUT2D eigenvalue weighted by Gasteiger charge is 2.52. The smallest absolute Gasteiger partial charge is 0.123 e. The van der Waals surface area contributed by atoms with E-state index >= 15 is 0 Å². The maximum absolute atomic E-state index is 6.33. The van der Waals surface area contributed by atoms with E-state index in [-0.39, 0.29) is 0 Å². The lowest BCUT2D eigenvalue weighted by Crippen LogP contribution is -2.40. The molecule has 4 atom stereocenters. The minimum Gasteiger partial charge on any atom is -0.489 e. The van der Waals surface area contributed by atoms with Gasteiger partial charge in [-0.05, 0) is 96.4 Å². The van der Waals surface area contributed by atoms with Gasteiger partial charge in [-0.1, -0.05) is 61.9 Å². The topological polar surface area (TPSA) is 18.5 Å². The van der Waals surface area contributed by atoms with E-state index in [1.807, 2.05) is 7.11 Å². The largest absolute Gasteiger partial charge is 0.489 e. The van der Waals surface area contributed by atoms with E-state index in [2.05, 4.69) is 62.4 Å². The molecule has 2 aromatic rings. The van der Waals surface area contributed by atoms with Crippen molar-refractivity contribution in [2.45, 2.75) is 71.3 Å². The van der Waals surface area contributed by atoms with Crippen molar-refractivity contribution in [2.24, 2.45) is 17.3 Å². The number of aryl methyl sites for hydroxylation is 2. The van der Waals surface area contributed by atoms with Crippen molar-refractivity contribution in [3.05, 3.63) is 76.4 Å². The number of benzene rings is 2. The van der Waals surface area contributed by atoms with Crippen LogP contribution in [-0.4, -0.2) is 13.7 Å². The molecule has 0 N–H and O–H groups in total. The molecule has 32 heavy (non-hydrogen) atoms. The molecule has 0 radical (unpaired) electrons. The van der Waals surface area contributed by atoms with Crippen molar-refractivity contribution in [3.63, 3.8) is 0 Å². The van der Waals surface area contributed by atoms with E-state index in [0.717, 1.165) is 36.5 Å². The van der Waals surface area contributed by atoms with Gasteiger partial charge in [-0.25, -0.2) is 0 Å². The summed E-state index contributed by atoms with van der Waals surface area (Å²) in [5, 5.41) is 0. The summed E-state index contributed by atoms with van der Waals surface area (Å²) in [5.41, 5.74) is 7.86. The Morgan fingerprint density at radius 2 is 1.91 bits per heavy atom. The molecule has 0 aromatic heterocycles. The third kappa shape index (κ3) is 3.81. The Hall–Kier alpha value is -2.06. The normalized spacial score (nSPS) is 30.0. The monoisotopic (exact) mass is 430 g/mol. The molecule has 2 heteroatoms. The van der Waals surface area contributed by atoms with Crippen LogP contribution in [0.5, 0.6) is 5.75 Å². The third-order valence-electron chi connectivity index (χ3n) is 8.87. The summed E-state index contributed by atoms with van der Waals surface area (Å²) in [4.78, 5) is 0. The Morgan fingerprint density at radius 3 is 2.69 bits per heavy atom. The molecule has 0 aliphatic heterocycles. The number of ether oxygens (including phenoxy) is 2. The van der Waals surface area contributed by atoms with Crippen molar-refractivity contribution >= 4 is 0 Å². The Bertz CT molecular complexity index is 976. The van der Waals surface area contributed by atoms with Crippen molar-refractivity contribution in [2.75, 3.05) is 13.7 Å². The molecule has 0 saturated heterocycles. The number of hydrogen-bond acceptors (Lipinski definition) is 2. The third-order valence-corrected chi connectivity index (χ3v) is 8.87. The van der Waals surface area contributed by atoms with Crippen molar-refractivity contribution in [1.29, 1.82) is 0 Å². The average molecular weight is 431 g/mol. The minimum atomic E-state index is 0.392. The van der Waals surface area contributed by atoms with Gasteiger partial charge in [-0.3, -0.25) is 0 Å². The van der Waals surface area contributed by atoms with Crippen LogP contribution in [0.1, 0.15) is 74.1 Å². The van der Waals surface area contributed by atoms with E-state index in [0.29, 0.717) is 12.0 Å². The zero-order chi connectivity index (χ0) is 22.1.